The number of halogens is 4. The number of amides is 2. The number of fused-ring (bicyclic) bond motifs is 1. The van der Waals surface area contributed by atoms with E-state index in [0.29, 0.717) is 22.6 Å². The smallest absolute Gasteiger partial charge is 0.270 e. The van der Waals surface area contributed by atoms with Crippen LogP contribution in [0.15, 0.2) is 30.7 Å². The van der Waals surface area contributed by atoms with E-state index >= 15 is 0 Å². The summed E-state index contributed by atoms with van der Waals surface area (Å²) in [5.41, 5.74) is 2.03. The fraction of sp³-hybridized carbons (Fsp3) is 0.621. The molecule has 13 heteroatoms. The van der Waals surface area contributed by atoms with E-state index in [2.05, 4.69) is 20.8 Å². The van der Waals surface area contributed by atoms with Crippen LogP contribution in [0.5, 0.6) is 0 Å². The van der Waals surface area contributed by atoms with E-state index < -0.39 is 30.2 Å². The van der Waals surface area contributed by atoms with Gasteiger partial charge in [-0.2, -0.15) is 10.2 Å². The first-order chi connectivity index (χ1) is 19.8. The summed E-state index contributed by atoms with van der Waals surface area (Å²) in [4.78, 5) is 30.6. The first kappa shape index (κ1) is 30.0. The van der Waals surface area contributed by atoms with Crippen molar-refractivity contribution in [1.29, 1.82) is 0 Å². The summed E-state index contributed by atoms with van der Waals surface area (Å²) in [6, 6.07) is 2.34. The normalized spacial score (nSPS) is 19.1. The average molecular weight is 592 g/mol. The summed E-state index contributed by atoms with van der Waals surface area (Å²) in [7, 11) is 0. The van der Waals surface area contributed by atoms with Gasteiger partial charge in [0, 0.05) is 37.9 Å². The predicted molar refractivity (Wildman–Crippen MR) is 146 cm³/mol. The highest BCUT2D eigenvalue weighted by atomic mass is 19.3. The molecule has 9 nitrogen and oxygen atoms in total. The second-order valence-electron chi connectivity index (χ2n) is 12.1. The Hall–Kier alpha value is -3.51. The summed E-state index contributed by atoms with van der Waals surface area (Å²) in [6.07, 6.45) is 5.73. The molecule has 0 aliphatic heterocycles. The first-order valence-electron chi connectivity index (χ1n) is 14.5. The number of alkyl halides is 4. The van der Waals surface area contributed by atoms with Crippen LogP contribution in [0.1, 0.15) is 112 Å². The first-order valence-corrected chi connectivity index (χ1v) is 14.5. The number of nitrogens with one attached hydrogen (secondary N) is 2. The van der Waals surface area contributed by atoms with Gasteiger partial charge in [-0.05, 0) is 76.0 Å². The minimum Gasteiger partial charge on any atom is -0.349 e. The lowest BCUT2D eigenvalue weighted by atomic mass is 9.81. The molecule has 0 saturated heterocycles. The Morgan fingerprint density at radius 1 is 1.07 bits per heavy atom. The van der Waals surface area contributed by atoms with E-state index in [0.717, 1.165) is 19.8 Å². The van der Waals surface area contributed by atoms with Gasteiger partial charge in [-0.25, -0.2) is 27.1 Å². The molecule has 2 atom stereocenters. The largest absolute Gasteiger partial charge is 0.349 e. The molecule has 2 fully saturated rings. The van der Waals surface area contributed by atoms with E-state index in [1.165, 1.54) is 0 Å². The van der Waals surface area contributed by atoms with Crippen LogP contribution in [0.3, 0.4) is 0 Å². The number of hydrogen-bond acceptors (Lipinski definition) is 5. The summed E-state index contributed by atoms with van der Waals surface area (Å²) < 4.78 is 57.8. The van der Waals surface area contributed by atoms with E-state index in [9.17, 15) is 27.2 Å². The van der Waals surface area contributed by atoms with E-state index in [4.69, 9.17) is 4.98 Å². The van der Waals surface area contributed by atoms with Crippen LogP contribution in [0.25, 0.3) is 5.65 Å². The minimum atomic E-state index is -2.92. The topological polar surface area (TPSA) is 106 Å². The second-order valence-corrected chi connectivity index (χ2v) is 12.1. The van der Waals surface area contributed by atoms with Crippen LogP contribution < -0.4 is 10.6 Å². The molecule has 2 saturated carbocycles. The molecule has 2 aliphatic rings. The lowest BCUT2D eigenvalue weighted by Gasteiger charge is -2.33. The molecule has 2 aliphatic carbocycles. The van der Waals surface area contributed by atoms with Gasteiger partial charge >= 0.3 is 0 Å². The Labute approximate surface area is 241 Å². The maximum absolute atomic E-state index is 14.0. The SMILES string of the molecule is CC(C)n1nccc1C(=O)N[C@H](c1cn2ncc([C@H](NC(=O)CCC(C)(F)F)C3CC3)cc2n1)C1CCC(F)(F)CC1. The monoisotopic (exact) mass is 591 g/mol. The molecular weight excluding hydrogens is 554 g/mol. The van der Waals surface area contributed by atoms with Crippen LogP contribution in [0.2, 0.25) is 0 Å². The van der Waals surface area contributed by atoms with Crippen molar-refractivity contribution < 1.29 is 27.2 Å². The van der Waals surface area contributed by atoms with Crippen molar-refractivity contribution in [2.45, 2.75) is 102 Å². The van der Waals surface area contributed by atoms with E-state index in [1.54, 1.807) is 39.9 Å². The molecule has 2 amide bonds. The van der Waals surface area contributed by atoms with E-state index in [1.807, 2.05) is 13.8 Å². The van der Waals surface area contributed by atoms with Crippen molar-refractivity contribution in [2.75, 3.05) is 0 Å². The van der Waals surface area contributed by atoms with Gasteiger partial charge in [0.05, 0.1) is 30.2 Å². The molecular formula is C29H37F4N7O2. The third kappa shape index (κ3) is 7.09. The number of nitrogens with zero attached hydrogens (tertiary/aromatic N) is 5. The second kappa shape index (κ2) is 11.6. The fourth-order valence-electron chi connectivity index (χ4n) is 5.66. The van der Waals surface area contributed by atoms with Gasteiger partial charge in [-0.15, -0.1) is 0 Å². The Morgan fingerprint density at radius 2 is 1.76 bits per heavy atom. The molecule has 5 rings (SSSR count). The molecule has 0 unspecified atom stereocenters. The summed E-state index contributed by atoms with van der Waals surface area (Å²) in [5, 5.41) is 14.6. The van der Waals surface area contributed by atoms with Crippen LogP contribution in [-0.2, 0) is 4.79 Å². The summed E-state index contributed by atoms with van der Waals surface area (Å²) in [6.45, 7) is 4.61. The average Bonchev–Trinajstić information content (AvgIpc) is 3.47. The Bertz CT molecular complexity index is 1420. The van der Waals surface area contributed by atoms with E-state index in [-0.39, 0.29) is 61.9 Å². The molecule has 2 N–H and O–H groups in total. The number of rotatable bonds is 11. The molecule has 228 valence electrons. The van der Waals surface area contributed by atoms with Crippen molar-refractivity contribution in [3.63, 3.8) is 0 Å². The van der Waals surface area contributed by atoms with Crippen molar-refractivity contribution in [3.05, 3.63) is 47.7 Å². The van der Waals surface area contributed by atoms with Gasteiger partial charge in [0.2, 0.25) is 17.8 Å². The van der Waals surface area contributed by atoms with Gasteiger partial charge in [0.1, 0.15) is 5.69 Å². The van der Waals surface area contributed by atoms with Crippen LogP contribution in [0, 0.1) is 11.8 Å². The zero-order valence-electron chi connectivity index (χ0n) is 24.0. The highest BCUT2D eigenvalue weighted by Gasteiger charge is 2.40. The molecule has 42 heavy (non-hydrogen) atoms. The molecule has 0 bridgehead atoms. The van der Waals surface area contributed by atoms with Crippen molar-refractivity contribution in [3.8, 4) is 0 Å². The van der Waals surface area contributed by atoms with Gasteiger partial charge in [0.15, 0.2) is 5.65 Å². The van der Waals surface area contributed by atoms with Crippen molar-refractivity contribution >= 4 is 17.5 Å². The highest BCUT2D eigenvalue weighted by Crippen LogP contribution is 2.43. The van der Waals surface area contributed by atoms with Crippen LogP contribution in [0.4, 0.5) is 17.6 Å². The maximum atomic E-state index is 14.0. The quantitative estimate of drug-likeness (QED) is 0.274. The zero-order valence-corrected chi connectivity index (χ0v) is 24.0. The lowest BCUT2D eigenvalue weighted by Crippen LogP contribution is -2.38. The molecule has 3 heterocycles. The molecule has 0 spiro atoms. The summed E-state index contributed by atoms with van der Waals surface area (Å²) in [5.74, 6) is -6.56. The number of carbonyl (C=O) groups excluding carboxylic acids is 2. The third-order valence-electron chi connectivity index (χ3n) is 8.15. The lowest BCUT2D eigenvalue weighted by molar-refractivity contribution is -0.123. The van der Waals surface area contributed by atoms with Crippen molar-refractivity contribution in [1.82, 2.24) is 35.0 Å². The number of aromatic nitrogens is 5. The van der Waals surface area contributed by atoms with Gasteiger partial charge in [0.25, 0.3) is 5.91 Å². The van der Waals surface area contributed by atoms with Gasteiger partial charge in [-0.1, -0.05) is 0 Å². The minimum absolute atomic E-state index is 0.0521. The number of hydrogen-bond donors (Lipinski definition) is 2. The zero-order chi connectivity index (χ0) is 30.2. The highest BCUT2D eigenvalue weighted by molar-refractivity contribution is 5.92. The Balaban J connectivity index is 1.40. The van der Waals surface area contributed by atoms with Crippen LogP contribution in [-0.4, -0.2) is 48.0 Å². The van der Waals surface area contributed by atoms with Gasteiger partial charge in [-0.3, -0.25) is 14.3 Å². The summed E-state index contributed by atoms with van der Waals surface area (Å²) >= 11 is 0. The predicted octanol–water partition coefficient (Wildman–Crippen LogP) is 5.81. The fourth-order valence-corrected chi connectivity index (χ4v) is 5.66. The Kier molecular flexibility index (Phi) is 8.30. The van der Waals surface area contributed by atoms with Crippen LogP contribution >= 0.6 is 0 Å². The van der Waals surface area contributed by atoms with Gasteiger partial charge < -0.3 is 10.6 Å². The molecule has 0 radical (unpaired) electrons. The third-order valence-corrected chi connectivity index (χ3v) is 8.15. The van der Waals surface area contributed by atoms with Crippen molar-refractivity contribution in [2.24, 2.45) is 11.8 Å². The number of carbonyl (C=O) groups is 2. The molecule has 0 aromatic carbocycles. The maximum Gasteiger partial charge on any atom is 0.270 e. The molecule has 3 aromatic heterocycles. The standard InChI is InChI=1S/C29H37F4N7O2/c1-17(2)40-22(9-13-34-40)27(42)38-26(19-6-11-29(32,33)12-7-19)21-16-39-23(36-21)14-20(15-35-39)25(18-4-5-18)37-24(41)8-10-28(3,30)31/h9,13-19,25-26H,4-8,10-12H2,1-3H3,(H,37,41)(H,38,42)/t25-,26+/m1/s1. The number of imidazole rings is 1. The Morgan fingerprint density at radius 3 is 2.40 bits per heavy atom. The molecule has 3 aromatic rings.